The summed E-state index contributed by atoms with van der Waals surface area (Å²) in [5, 5.41) is 2.30. The van der Waals surface area contributed by atoms with Crippen LogP contribution in [-0.2, 0) is 0 Å². The molecule has 2 nitrogen and oxygen atoms in total. The average molecular weight is 352 g/mol. The van der Waals surface area contributed by atoms with Gasteiger partial charge >= 0.3 is 31.1 Å². The Hall–Kier alpha value is 0.482. The Bertz CT molecular complexity index is 118. The van der Waals surface area contributed by atoms with Gasteiger partial charge < -0.3 is 18.1 Å². The Morgan fingerprint density at radius 1 is 1.75 bits per heavy atom. The second-order valence-electron chi connectivity index (χ2n) is 0.815. The summed E-state index contributed by atoms with van der Waals surface area (Å²) in [6, 6.07) is 0. The maximum absolute atomic E-state index is 5.15. The van der Waals surface area contributed by atoms with Gasteiger partial charge in [0.2, 0.25) is 0 Å². The Balaban J connectivity index is 0. The molecule has 0 fully saturated rings. The van der Waals surface area contributed by atoms with Crippen molar-refractivity contribution in [2.75, 3.05) is 5.73 Å². The number of nitrogens with two attached hydrogens (primary N) is 1. The summed E-state index contributed by atoms with van der Waals surface area (Å²) in [6.07, 6.45) is 2.57. The standard InChI is InChI=1S/C3H3N2S.CH3.U/c4-3-5-1-2-6-3;;/h2H,(H2,4,5);1H3;/q2*-1;+2. The van der Waals surface area contributed by atoms with E-state index in [2.05, 4.69) is 11.2 Å². The molecule has 1 aromatic rings. The molecule has 0 bridgehead atoms. The van der Waals surface area contributed by atoms with E-state index in [1.54, 1.807) is 5.38 Å². The molecule has 0 saturated carbocycles. The third-order valence-electron chi connectivity index (χ3n) is 0.407. The number of aromatic nitrogens is 1. The van der Waals surface area contributed by atoms with Gasteiger partial charge in [-0.1, -0.05) is 5.38 Å². The van der Waals surface area contributed by atoms with E-state index < -0.39 is 0 Å². The van der Waals surface area contributed by atoms with Gasteiger partial charge in [0.25, 0.3) is 0 Å². The van der Waals surface area contributed by atoms with Crippen LogP contribution in [0.5, 0.6) is 0 Å². The maximum Gasteiger partial charge on any atom is 2.00 e. The van der Waals surface area contributed by atoms with Crippen LogP contribution in [0.4, 0.5) is 5.13 Å². The summed E-state index contributed by atoms with van der Waals surface area (Å²) in [5.41, 5.74) is 5.15. The van der Waals surface area contributed by atoms with Gasteiger partial charge in [0, 0.05) is 5.13 Å². The van der Waals surface area contributed by atoms with Crippen LogP contribution >= 0.6 is 11.3 Å². The summed E-state index contributed by atoms with van der Waals surface area (Å²) in [5.74, 6) is 0. The number of thiazole rings is 1. The summed E-state index contributed by atoms with van der Waals surface area (Å²) < 4.78 is 0. The molecule has 4 heteroatoms. The van der Waals surface area contributed by atoms with Crippen molar-refractivity contribution >= 4 is 16.5 Å². The quantitative estimate of drug-likeness (QED) is 0.707. The molecule has 0 radical (unpaired) electrons. The van der Waals surface area contributed by atoms with E-state index in [0.29, 0.717) is 5.13 Å². The molecule has 1 rings (SSSR count). The van der Waals surface area contributed by atoms with Crippen LogP contribution in [0.3, 0.4) is 0 Å². The third kappa shape index (κ3) is 3.48. The molecule has 8 heavy (non-hydrogen) atoms. The first-order chi connectivity index (χ1) is 2.89. The van der Waals surface area contributed by atoms with Gasteiger partial charge in [-0.3, -0.25) is 0 Å². The average Bonchev–Trinajstić information content (AvgIpc) is 1.86. The number of rotatable bonds is 0. The van der Waals surface area contributed by atoms with Gasteiger partial charge in [0.15, 0.2) is 0 Å². The van der Waals surface area contributed by atoms with Gasteiger partial charge in [0.1, 0.15) is 0 Å². The Morgan fingerprint density at radius 3 is 2.50 bits per heavy atom. The van der Waals surface area contributed by atoms with Crippen molar-refractivity contribution in [1.29, 1.82) is 0 Å². The van der Waals surface area contributed by atoms with Gasteiger partial charge in [-0.25, -0.2) is 11.3 Å². The zero-order chi connectivity index (χ0) is 4.41. The largest absolute Gasteiger partial charge is 2.00 e. The second-order valence-corrected chi connectivity index (χ2v) is 1.70. The minimum Gasteiger partial charge on any atom is -0.452 e. The molecule has 2 N–H and O–H groups in total. The van der Waals surface area contributed by atoms with Crippen molar-refractivity contribution in [2.45, 2.75) is 0 Å². The van der Waals surface area contributed by atoms with E-state index in [9.17, 15) is 0 Å². The second kappa shape index (κ2) is 5.62. The molecule has 0 saturated heterocycles. The topological polar surface area (TPSA) is 38.9 Å². The summed E-state index contributed by atoms with van der Waals surface area (Å²) in [4.78, 5) is 3.59. The number of anilines is 1. The van der Waals surface area contributed by atoms with Crippen molar-refractivity contribution in [3.63, 3.8) is 0 Å². The summed E-state index contributed by atoms with van der Waals surface area (Å²) in [7, 11) is 0. The van der Waals surface area contributed by atoms with E-state index >= 15 is 0 Å². The maximum atomic E-state index is 5.15. The van der Waals surface area contributed by atoms with E-state index in [4.69, 9.17) is 5.73 Å². The first kappa shape index (κ1) is 11.3. The molecule has 0 amide bonds. The molecular weight excluding hydrogens is 346 g/mol. The van der Waals surface area contributed by atoms with Gasteiger partial charge in [0.05, 0.1) is 0 Å². The summed E-state index contributed by atoms with van der Waals surface area (Å²) in [6.45, 7) is 0. The molecule has 42 valence electrons. The van der Waals surface area contributed by atoms with Crippen molar-refractivity contribution < 1.29 is 31.1 Å². The monoisotopic (exact) mass is 352 g/mol. The SMILES string of the molecule is Nc1n[c-]cs1.[CH3-].[U+2]. The van der Waals surface area contributed by atoms with Crippen LogP contribution < -0.4 is 5.73 Å². The molecule has 0 aromatic carbocycles. The molecule has 1 aromatic heterocycles. The smallest absolute Gasteiger partial charge is 0.452 e. The fraction of sp³-hybridized carbons (Fsp3) is 0. The van der Waals surface area contributed by atoms with Crippen molar-refractivity contribution in [2.24, 2.45) is 0 Å². The third-order valence-corrected chi connectivity index (χ3v) is 0.963. The van der Waals surface area contributed by atoms with Crippen molar-refractivity contribution in [3.05, 3.63) is 19.0 Å². The predicted octanol–water partition coefficient (Wildman–Crippen LogP) is 0.976. The van der Waals surface area contributed by atoms with Crippen LogP contribution in [0.15, 0.2) is 5.38 Å². The molecule has 0 spiro atoms. The van der Waals surface area contributed by atoms with Crippen LogP contribution in [0.2, 0.25) is 0 Å². The molecule has 0 unspecified atom stereocenters. The molecule has 1 heterocycles. The Labute approximate surface area is 76.9 Å². The van der Waals surface area contributed by atoms with Crippen LogP contribution in [0.25, 0.3) is 0 Å². The van der Waals surface area contributed by atoms with Gasteiger partial charge in [-0.2, -0.15) is 0 Å². The molecule has 0 atom stereocenters. The predicted molar refractivity (Wildman–Crippen MR) is 31.8 cm³/mol. The fourth-order valence-electron chi connectivity index (χ4n) is 0.203. The molecular formula is C4H6N2SU. The Morgan fingerprint density at radius 2 is 2.38 bits per heavy atom. The van der Waals surface area contributed by atoms with Crippen molar-refractivity contribution in [3.8, 4) is 0 Å². The van der Waals surface area contributed by atoms with E-state index in [1.807, 2.05) is 0 Å². The fourth-order valence-corrected chi connectivity index (χ4v) is 0.535. The zero-order valence-corrected chi connectivity index (χ0v) is 9.49. The van der Waals surface area contributed by atoms with E-state index in [1.165, 1.54) is 11.3 Å². The summed E-state index contributed by atoms with van der Waals surface area (Å²) >= 11 is 1.39. The van der Waals surface area contributed by atoms with Crippen LogP contribution in [-0.4, -0.2) is 4.98 Å². The Kier molecular flexibility index (Phi) is 7.93. The first-order valence-corrected chi connectivity index (χ1v) is 2.34. The normalized spacial score (nSPS) is 6.50. The number of hydrogen-bond acceptors (Lipinski definition) is 3. The number of nitrogen functional groups attached to an aromatic ring is 1. The van der Waals surface area contributed by atoms with E-state index in [0.717, 1.165) is 0 Å². The van der Waals surface area contributed by atoms with Gasteiger partial charge in [-0.15, -0.1) is 6.20 Å². The van der Waals surface area contributed by atoms with Crippen molar-refractivity contribution in [1.82, 2.24) is 4.98 Å². The van der Waals surface area contributed by atoms with Gasteiger partial charge in [-0.05, 0) is 0 Å². The minimum atomic E-state index is 0. The molecule has 0 aliphatic carbocycles. The minimum absolute atomic E-state index is 0. The van der Waals surface area contributed by atoms with Crippen LogP contribution in [0, 0.1) is 44.7 Å². The number of nitrogens with zero attached hydrogens (tertiary/aromatic N) is 1. The van der Waals surface area contributed by atoms with Crippen LogP contribution in [0.1, 0.15) is 0 Å². The molecule has 0 aliphatic heterocycles. The zero-order valence-electron chi connectivity index (χ0n) is 4.51. The first-order valence-electron chi connectivity index (χ1n) is 1.46. The van der Waals surface area contributed by atoms with E-state index in [-0.39, 0.29) is 38.5 Å². The number of hydrogen-bond donors (Lipinski definition) is 1. The molecule has 0 aliphatic rings.